The normalized spacial score (nSPS) is 10.7. The van der Waals surface area contributed by atoms with Crippen LogP contribution >= 0.6 is 0 Å². The molecule has 0 aliphatic carbocycles. The first-order chi connectivity index (χ1) is 9.79. The van der Waals surface area contributed by atoms with Gasteiger partial charge < -0.3 is 10.5 Å². The summed E-state index contributed by atoms with van der Waals surface area (Å²) in [5.41, 5.74) is 6.78. The highest BCUT2D eigenvalue weighted by Crippen LogP contribution is 2.31. The zero-order valence-electron chi connectivity index (χ0n) is 10.7. The molecule has 2 N–H and O–H groups in total. The lowest BCUT2D eigenvalue weighted by molar-refractivity contribution is 0.472. The number of nitrogens with zero attached hydrogens (tertiary/aromatic N) is 1. The van der Waals surface area contributed by atoms with Crippen molar-refractivity contribution in [1.82, 2.24) is 4.98 Å². The lowest BCUT2D eigenvalue weighted by atomic mass is 10.1. The molecule has 0 saturated carbocycles. The Kier molecular flexibility index (Phi) is 3.31. The Bertz CT molecular complexity index is 753. The molecule has 4 heteroatoms. The molecule has 0 radical (unpaired) electrons. The highest BCUT2D eigenvalue weighted by Gasteiger charge is 2.10. The maximum Gasteiger partial charge on any atom is 0.138 e. The van der Waals surface area contributed by atoms with Crippen molar-refractivity contribution in [2.45, 2.75) is 6.54 Å². The topological polar surface area (TPSA) is 48.1 Å². The van der Waals surface area contributed by atoms with Crippen molar-refractivity contribution in [3.63, 3.8) is 0 Å². The number of para-hydroxylation sites is 1. The molecule has 1 aromatic heterocycles. The van der Waals surface area contributed by atoms with E-state index in [1.807, 2.05) is 24.3 Å². The summed E-state index contributed by atoms with van der Waals surface area (Å²) in [6.07, 6.45) is 1.67. The fourth-order valence-corrected chi connectivity index (χ4v) is 2.11. The predicted molar refractivity (Wildman–Crippen MR) is 76.1 cm³/mol. The summed E-state index contributed by atoms with van der Waals surface area (Å²) in [4.78, 5) is 4.26. The molecule has 1 heterocycles. The first-order valence-electron chi connectivity index (χ1n) is 6.28. The van der Waals surface area contributed by atoms with E-state index in [1.165, 1.54) is 6.07 Å². The summed E-state index contributed by atoms with van der Waals surface area (Å²) in [7, 11) is 0. The molecule has 2 aromatic carbocycles. The van der Waals surface area contributed by atoms with Gasteiger partial charge in [0, 0.05) is 23.7 Å². The minimum absolute atomic E-state index is 0.0883. The number of fused-ring (bicyclic) bond motifs is 1. The standard InChI is InChI=1S/C16H13FN2O/c17-13-5-3-7-15(12(13)10-18)20-16-8-9-19-14-6-2-1-4-11(14)16/h1-9H,10,18H2. The number of halogens is 1. The van der Waals surface area contributed by atoms with Crippen LogP contribution in [0.5, 0.6) is 11.5 Å². The SMILES string of the molecule is NCc1c(F)cccc1Oc1ccnc2ccccc12. The van der Waals surface area contributed by atoms with Crippen LogP contribution < -0.4 is 10.5 Å². The Morgan fingerprint density at radius 2 is 1.85 bits per heavy atom. The number of hydrogen-bond donors (Lipinski definition) is 1. The van der Waals surface area contributed by atoms with Gasteiger partial charge in [0.05, 0.1) is 5.52 Å². The van der Waals surface area contributed by atoms with Crippen LogP contribution in [0.25, 0.3) is 10.9 Å². The first-order valence-corrected chi connectivity index (χ1v) is 6.28. The molecule has 3 nitrogen and oxygen atoms in total. The van der Waals surface area contributed by atoms with Gasteiger partial charge in [0.25, 0.3) is 0 Å². The molecule has 3 aromatic rings. The third-order valence-corrected chi connectivity index (χ3v) is 3.11. The summed E-state index contributed by atoms with van der Waals surface area (Å²) >= 11 is 0. The van der Waals surface area contributed by atoms with Crippen molar-refractivity contribution < 1.29 is 9.13 Å². The Labute approximate surface area is 115 Å². The van der Waals surface area contributed by atoms with Gasteiger partial charge in [-0.2, -0.15) is 0 Å². The smallest absolute Gasteiger partial charge is 0.138 e. The Hall–Kier alpha value is -2.46. The zero-order valence-corrected chi connectivity index (χ0v) is 10.7. The van der Waals surface area contributed by atoms with Crippen LogP contribution in [0, 0.1) is 5.82 Å². The average molecular weight is 268 g/mol. The molecule has 0 saturated heterocycles. The molecule has 100 valence electrons. The van der Waals surface area contributed by atoms with Gasteiger partial charge in [-0.3, -0.25) is 4.98 Å². The molecule has 0 unspecified atom stereocenters. The minimum atomic E-state index is -0.358. The van der Waals surface area contributed by atoms with Crippen LogP contribution in [0.3, 0.4) is 0 Å². The molecular formula is C16H13FN2O. The van der Waals surface area contributed by atoms with Crippen molar-refractivity contribution in [2.75, 3.05) is 0 Å². The number of nitrogens with two attached hydrogens (primary N) is 1. The van der Waals surface area contributed by atoms with E-state index in [0.717, 1.165) is 10.9 Å². The third kappa shape index (κ3) is 2.21. The van der Waals surface area contributed by atoms with Crippen LogP contribution in [0.2, 0.25) is 0 Å². The molecule has 0 spiro atoms. The molecule has 3 rings (SSSR count). The summed E-state index contributed by atoms with van der Waals surface area (Å²) in [5, 5.41) is 0.877. The molecule has 0 aliphatic rings. The second kappa shape index (κ2) is 5.27. The largest absolute Gasteiger partial charge is 0.456 e. The summed E-state index contributed by atoms with van der Waals surface area (Å²) in [6.45, 7) is 0.0883. The van der Waals surface area contributed by atoms with E-state index in [1.54, 1.807) is 24.4 Å². The molecule has 0 bridgehead atoms. The van der Waals surface area contributed by atoms with Gasteiger partial charge in [-0.25, -0.2) is 4.39 Å². The summed E-state index contributed by atoms with van der Waals surface area (Å²) in [6, 6.07) is 14.1. The lowest BCUT2D eigenvalue weighted by Crippen LogP contribution is -2.02. The van der Waals surface area contributed by atoms with E-state index in [4.69, 9.17) is 10.5 Å². The molecular weight excluding hydrogens is 255 g/mol. The molecule has 0 amide bonds. The second-order valence-electron chi connectivity index (χ2n) is 4.35. The fourth-order valence-electron chi connectivity index (χ4n) is 2.11. The monoisotopic (exact) mass is 268 g/mol. The Morgan fingerprint density at radius 3 is 2.70 bits per heavy atom. The predicted octanol–water partition coefficient (Wildman–Crippen LogP) is 3.62. The number of ether oxygens (including phenoxy) is 1. The molecule has 0 fully saturated rings. The quantitative estimate of drug-likeness (QED) is 0.789. The van der Waals surface area contributed by atoms with Crippen LogP contribution in [0.15, 0.2) is 54.7 Å². The van der Waals surface area contributed by atoms with Crippen LogP contribution in [0.4, 0.5) is 4.39 Å². The number of hydrogen-bond acceptors (Lipinski definition) is 3. The number of rotatable bonds is 3. The second-order valence-corrected chi connectivity index (χ2v) is 4.35. The van der Waals surface area contributed by atoms with Gasteiger partial charge in [0.15, 0.2) is 0 Å². The van der Waals surface area contributed by atoms with E-state index in [2.05, 4.69) is 4.98 Å². The van der Waals surface area contributed by atoms with Crippen molar-refractivity contribution in [2.24, 2.45) is 5.73 Å². The van der Waals surface area contributed by atoms with Crippen LogP contribution in [0.1, 0.15) is 5.56 Å². The van der Waals surface area contributed by atoms with E-state index in [-0.39, 0.29) is 12.4 Å². The lowest BCUT2D eigenvalue weighted by Gasteiger charge is -2.12. The maximum atomic E-state index is 13.7. The summed E-state index contributed by atoms with van der Waals surface area (Å²) < 4.78 is 19.5. The first kappa shape index (κ1) is 12.6. The van der Waals surface area contributed by atoms with Crippen molar-refractivity contribution in [1.29, 1.82) is 0 Å². The molecule has 0 atom stereocenters. The molecule has 0 aliphatic heterocycles. The van der Waals surface area contributed by atoms with Crippen LogP contribution in [-0.2, 0) is 6.54 Å². The maximum absolute atomic E-state index is 13.7. The van der Waals surface area contributed by atoms with Gasteiger partial charge in [-0.05, 0) is 30.3 Å². The number of pyridine rings is 1. The van der Waals surface area contributed by atoms with Crippen molar-refractivity contribution >= 4 is 10.9 Å². The minimum Gasteiger partial charge on any atom is -0.456 e. The highest BCUT2D eigenvalue weighted by molar-refractivity contribution is 5.84. The van der Waals surface area contributed by atoms with Gasteiger partial charge >= 0.3 is 0 Å². The van der Waals surface area contributed by atoms with Gasteiger partial charge in [0.2, 0.25) is 0 Å². The van der Waals surface area contributed by atoms with E-state index >= 15 is 0 Å². The van der Waals surface area contributed by atoms with Gasteiger partial charge in [-0.1, -0.05) is 18.2 Å². The molecule has 20 heavy (non-hydrogen) atoms. The van der Waals surface area contributed by atoms with E-state index < -0.39 is 0 Å². The number of aromatic nitrogens is 1. The van der Waals surface area contributed by atoms with Gasteiger partial charge in [-0.15, -0.1) is 0 Å². The van der Waals surface area contributed by atoms with E-state index in [9.17, 15) is 4.39 Å². The highest BCUT2D eigenvalue weighted by atomic mass is 19.1. The zero-order chi connectivity index (χ0) is 13.9. The van der Waals surface area contributed by atoms with Crippen LogP contribution in [-0.4, -0.2) is 4.98 Å². The van der Waals surface area contributed by atoms with Gasteiger partial charge in [0.1, 0.15) is 17.3 Å². The average Bonchev–Trinajstić information content (AvgIpc) is 2.48. The van der Waals surface area contributed by atoms with E-state index in [0.29, 0.717) is 17.1 Å². The van der Waals surface area contributed by atoms with Crippen molar-refractivity contribution in [3.05, 3.63) is 66.1 Å². The fraction of sp³-hybridized carbons (Fsp3) is 0.0625. The summed E-state index contributed by atoms with van der Waals surface area (Å²) in [5.74, 6) is 0.711. The van der Waals surface area contributed by atoms with Crippen molar-refractivity contribution in [3.8, 4) is 11.5 Å². The number of benzene rings is 2. The Morgan fingerprint density at radius 1 is 1.00 bits per heavy atom. The third-order valence-electron chi connectivity index (χ3n) is 3.11. The Balaban J connectivity index is 2.08.